The Labute approximate surface area is 226 Å². The maximum Gasteiger partial charge on any atom is 0.461 e. The number of halogens is 7. The molecular formula is C24H17F7N6O3S. The third-order valence-corrected chi connectivity index (χ3v) is 7.71. The van der Waals surface area contributed by atoms with E-state index in [1.165, 1.54) is 43.1 Å². The second-order valence-electron chi connectivity index (χ2n) is 8.74. The Bertz CT molecular complexity index is 1880. The maximum atomic E-state index is 13.2. The van der Waals surface area contributed by atoms with Crippen LogP contribution in [0, 0.1) is 0 Å². The molecule has 0 aliphatic carbocycles. The van der Waals surface area contributed by atoms with Crippen molar-refractivity contribution in [3.8, 4) is 28.3 Å². The molecule has 0 unspecified atom stereocenters. The summed E-state index contributed by atoms with van der Waals surface area (Å²) in [5, 5.41) is 3.76. The number of alkyl halides is 7. The molecule has 5 aromatic rings. The lowest BCUT2D eigenvalue weighted by atomic mass is 10.1. The molecule has 0 bridgehead atoms. The third kappa shape index (κ3) is 5.05. The number of rotatable bonds is 7. The first-order valence-electron chi connectivity index (χ1n) is 11.6. The van der Waals surface area contributed by atoms with Crippen molar-refractivity contribution in [2.45, 2.75) is 30.7 Å². The number of aromatic nitrogens is 6. The largest absolute Gasteiger partial charge is 0.461 e. The van der Waals surface area contributed by atoms with E-state index in [-0.39, 0.29) is 34.0 Å². The van der Waals surface area contributed by atoms with Crippen molar-refractivity contribution in [2.24, 2.45) is 7.05 Å². The van der Waals surface area contributed by atoms with Crippen LogP contribution in [0.1, 0.15) is 12.5 Å². The molecule has 0 atom stereocenters. The zero-order chi connectivity index (χ0) is 29.9. The highest BCUT2D eigenvalue weighted by atomic mass is 32.2. The van der Waals surface area contributed by atoms with Crippen LogP contribution in [0.3, 0.4) is 0 Å². The second-order valence-corrected chi connectivity index (χ2v) is 10.9. The highest BCUT2D eigenvalue weighted by molar-refractivity contribution is 7.91. The van der Waals surface area contributed by atoms with Crippen molar-refractivity contribution < 1.29 is 43.9 Å². The molecule has 4 heterocycles. The van der Waals surface area contributed by atoms with Gasteiger partial charge in [-0.05, 0) is 23.8 Å². The Morgan fingerprint density at radius 3 is 2.24 bits per heavy atom. The van der Waals surface area contributed by atoms with Crippen molar-refractivity contribution in [3.05, 3.63) is 54.5 Å². The fraction of sp³-hybridized carbons (Fsp3) is 0.250. The lowest BCUT2D eigenvalue weighted by Gasteiger charge is -2.16. The molecule has 17 heteroatoms. The number of fused-ring (bicyclic) bond motifs is 2. The van der Waals surface area contributed by atoms with Crippen molar-refractivity contribution in [1.82, 2.24) is 29.1 Å². The highest BCUT2D eigenvalue weighted by Crippen LogP contribution is 2.36. The Balaban J connectivity index is 1.63. The fourth-order valence-electron chi connectivity index (χ4n) is 3.99. The molecular weight excluding hydrogens is 585 g/mol. The van der Waals surface area contributed by atoms with Crippen LogP contribution in [0.4, 0.5) is 30.7 Å². The summed E-state index contributed by atoms with van der Waals surface area (Å²) in [6.07, 6.45) is -10.1. The van der Waals surface area contributed by atoms with E-state index in [2.05, 4.69) is 24.8 Å². The van der Waals surface area contributed by atoms with Crippen LogP contribution in [0.5, 0.6) is 5.75 Å². The van der Waals surface area contributed by atoms with Gasteiger partial charge in [0.15, 0.2) is 26.2 Å². The van der Waals surface area contributed by atoms with Crippen molar-refractivity contribution >= 4 is 26.6 Å². The lowest BCUT2D eigenvalue weighted by molar-refractivity contribution is -0.253. The summed E-state index contributed by atoms with van der Waals surface area (Å²) in [7, 11) is -2.56. The summed E-state index contributed by atoms with van der Waals surface area (Å²) < 4.78 is 123. The summed E-state index contributed by atoms with van der Waals surface area (Å²) >= 11 is 0. The molecule has 0 amide bonds. The molecule has 0 fully saturated rings. The van der Waals surface area contributed by atoms with E-state index in [0.717, 1.165) is 22.7 Å². The Hall–Kier alpha value is -4.28. The molecule has 5 rings (SSSR count). The normalized spacial score (nSPS) is 13.0. The summed E-state index contributed by atoms with van der Waals surface area (Å²) in [4.78, 5) is 12.4. The molecule has 216 valence electrons. The van der Waals surface area contributed by atoms with Gasteiger partial charge in [-0.1, -0.05) is 19.1 Å². The first-order valence-corrected chi connectivity index (χ1v) is 13.2. The zero-order valence-corrected chi connectivity index (χ0v) is 21.7. The SMILES string of the molecule is CCS(=O)(=O)c1nn2cc(-c3ccc(OC(F)(F)C(F)F)cc3)cnc2c1-c1nc2cc(C(F)(F)F)cnc2n1C. The molecule has 0 aliphatic heterocycles. The van der Waals surface area contributed by atoms with Crippen LogP contribution in [0.25, 0.3) is 39.3 Å². The Morgan fingerprint density at radius 2 is 1.63 bits per heavy atom. The van der Waals surface area contributed by atoms with Crippen molar-refractivity contribution in [1.29, 1.82) is 0 Å². The fourth-order valence-corrected chi connectivity index (χ4v) is 4.97. The molecule has 0 aliphatic rings. The molecule has 0 radical (unpaired) electrons. The second kappa shape index (κ2) is 9.67. The van der Waals surface area contributed by atoms with E-state index in [4.69, 9.17) is 0 Å². The van der Waals surface area contributed by atoms with Crippen molar-refractivity contribution in [2.75, 3.05) is 5.75 Å². The number of nitrogens with zero attached hydrogens (tertiary/aromatic N) is 6. The Kier molecular flexibility index (Phi) is 6.67. The maximum absolute atomic E-state index is 13.2. The van der Waals surface area contributed by atoms with Crippen LogP contribution in [-0.4, -0.2) is 55.8 Å². The number of aryl methyl sites for hydroxylation is 1. The smallest absolute Gasteiger partial charge is 0.428 e. The van der Waals surface area contributed by atoms with Crippen LogP contribution in [0.15, 0.2) is 53.9 Å². The first kappa shape index (κ1) is 28.3. The number of sulfone groups is 1. The Morgan fingerprint density at radius 1 is 0.976 bits per heavy atom. The van der Waals surface area contributed by atoms with Gasteiger partial charge in [-0.3, -0.25) is 0 Å². The number of ether oxygens (including phenoxy) is 1. The standard InChI is InChI=1S/C24H17F7N6O3S/c1-3-41(38,39)21-17(20-34-16-8-14(23(27,28)29)10-33-18(16)36(20)2)19-32-9-13(11-37(19)35-21)12-4-6-15(7-5-12)40-24(30,31)22(25)26/h4-11,22H,3H2,1-2H3. The average molecular weight is 602 g/mol. The molecule has 0 spiro atoms. The van der Waals surface area contributed by atoms with Gasteiger partial charge in [0.05, 0.1) is 11.3 Å². The number of hydrogen-bond acceptors (Lipinski definition) is 7. The molecule has 0 N–H and O–H groups in total. The summed E-state index contributed by atoms with van der Waals surface area (Å²) in [6.45, 7) is 1.38. The van der Waals surface area contributed by atoms with Crippen LogP contribution < -0.4 is 4.74 Å². The van der Waals surface area contributed by atoms with Gasteiger partial charge in [0.2, 0.25) is 0 Å². The number of pyridine rings is 1. The summed E-state index contributed by atoms with van der Waals surface area (Å²) in [5.41, 5.74) is -0.460. The quantitative estimate of drug-likeness (QED) is 0.230. The van der Waals surface area contributed by atoms with E-state index in [1.807, 2.05) is 0 Å². The average Bonchev–Trinajstić information content (AvgIpc) is 3.45. The van der Waals surface area contributed by atoms with Gasteiger partial charge in [-0.2, -0.15) is 35.8 Å². The third-order valence-electron chi connectivity index (χ3n) is 6.07. The molecule has 4 aromatic heterocycles. The van der Waals surface area contributed by atoms with Gasteiger partial charge in [0.25, 0.3) is 0 Å². The van der Waals surface area contributed by atoms with Gasteiger partial charge in [-0.15, -0.1) is 0 Å². The van der Waals surface area contributed by atoms with E-state index in [9.17, 15) is 39.2 Å². The van der Waals surface area contributed by atoms with E-state index >= 15 is 0 Å². The minimum Gasteiger partial charge on any atom is -0.428 e. The number of hydrogen-bond donors (Lipinski definition) is 0. The van der Waals surface area contributed by atoms with Gasteiger partial charge < -0.3 is 9.30 Å². The minimum atomic E-state index is -4.69. The van der Waals surface area contributed by atoms with Crippen LogP contribution in [-0.2, 0) is 23.1 Å². The highest BCUT2D eigenvalue weighted by Gasteiger charge is 2.44. The van der Waals surface area contributed by atoms with E-state index in [0.29, 0.717) is 17.3 Å². The minimum absolute atomic E-state index is 0.00625. The van der Waals surface area contributed by atoms with Crippen molar-refractivity contribution in [3.63, 3.8) is 0 Å². The number of imidazole rings is 1. The van der Waals surface area contributed by atoms with E-state index < -0.39 is 44.9 Å². The lowest BCUT2D eigenvalue weighted by Crippen LogP contribution is -2.33. The predicted octanol–water partition coefficient (Wildman–Crippen LogP) is 5.39. The molecule has 1 aromatic carbocycles. The number of benzene rings is 1. The molecule has 0 saturated heterocycles. The van der Waals surface area contributed by atoms with E-state index in [1.54, 1.807) is 0 Å². The van der Waals surface area contributed by atoms with Gasteiger partial charge in [-0.25, -0.2) is 27.9 Å². The van der Waals surface area contributed by atoms with Gasteiger partial charge >= 0.3 is 18.7 Å². The topological polar surface area (TPSA) is 104 Å². The molecule has 9 nitrogen and oxygen atoms in total. The summed E-state index contributed by atoms with van der Waals surface area (Å²) in [5.74, 6) is -0.924. The van der Waals surface area contributed by atoms with Gasteiger partial charge in [0, 0.05) is 31.2 Å². The van der Waals surface area contributed by atoms with Crippen LogP contribution in [0.2, 0.25) is 0 Å². The van der Waals surface area contributed by atoms with Crippen LogP contribution >= 0.6 is 0 Å². The summed E-state index contributed by atoms with van der Waals surface area (Å²) in [6, 6.07) is 5.46. The molecule has 41 heavy (non-hydrogen) atoms. The predicted molar refractivity (Wildman–Crippen MR) is 130 cm³/mol. The van der Waals surface area contributed by atoms with Gasteiger partial charge in [0.1, 0.15) is 22.7 Å². The zero-order valence-electron chi connectivity index (χ0n) is 20.9. The molecule has 0 saturated carbocycles. The monoisotopic (exact) mass is 602 g/mol. The first-order chi connectivity index (χ1) is 19.1.